The van der Waals surface area contributed by atoms with Gasteiger partial charge in [-0.05, 0) is 40.8 Å². The second kappa shape index (κ2) is 4.29. The third kappa shape index (κ3) is 2.97. The van der Waals surface area contributed by atoms with Gasteiger partial charge in [0.05, 0.1) is 24.2 Å². The SMILES string of the molecule is CN1CCC(C#N)[C@H]1COC(C)(C)C. The van der Waals surface area contributed by atoms with Crippen LogP contribution in [0.5, 0.6) is 0 Å². The summed E-state index contributed by atoms with van der Waals surface area (Å²) in [7, 11) is 2.06. The van der Waals surface area contributed by atoms with E-state index < -0.39 is 0 Å². The van der Waals surface area contributed by atoms with E-state index in [1.54, 1.807) is 0 Å². The molecule has 0 spiro atoms. The minimum absolute atomic E-state index is 0.108. The molecule has 0 amide bonds. The average Bonchev–Trinajstić information content (AvgIpc) is 2.41. The molecule has 1 fully saturated rings. The maximum atomic E-state index is 8.95. The Labute approximate surface area is 86.6 Å². The Kier molecular flexibility index (Phi) is 3.52. The zero-order chi connectivity index (χ0) is 10.8. The predicted octanol–water partition coefficient (Wildman–Crippen LogP) is 1.65. The van der Waals surface area contributed by atoms with Gasteiger partial charge in [0.25, 0.3) is 0 Å². The Balaban J connectivity index is 2.46. The number of nitrogens with zero attached hydrogens (tertiary/aromatic N) is 2. The van der Waals surface area contributed by atoms with Crippen molar-refractivity contribution in [3.8, 4) is 6.07 Å². The van der Waals surface area contributed by atoms with Crippen molar-refractivity contribution in [2.75, 3.05) is 20.2 Å². The largest absolute Gasteiger partial charge is 0.374 e. The molecule has 2 atom stereocenters. The van der Waals surface area contributed by atoms with Gasteiger partial charge in [-0.2, -0.15) is 5.26 Å². The molecule has 0 bridgehead atoms. The normalized spacial score (nSPS) is 29.1. The number of hydrogen-bond donors (Lipinski definition) is 0. The predicted molar refractivity (Wildman–Crippen MR) is 55.8 cm³/mol. The van der Waals surface area contributed by atoms with Crippen molar-refractivity contribution < 1.29 is 4.74 Å². The lowest BCUT2D eigenvalue weighted by atomic mass is 10.0. The molecule has 80 valence electrons. The van der Waals surface area contributed by atoms with E-state index in [-0.39, 0.29) is 17.6 Å². The molecule has 14 heavy (non-hydrogen) atoms. The van der Waals surface area contributed by atoms with Gasteiger partial charge in [0, 0.05) is 6.04 Å². The van der Waals surface area contributed by atoms with Gasteiger partial charge in [-0.25, -0.2) is 0 Å². The fraction of sp³-hybridized carbons (Fsp3) is 0.909. The third-order valence-electron chi connectivity index (χ3n) is 2.68. The number of ether oxygens (including phenoxy) is 1. The van der Waals surface area contributed by atoms with Crippen LogP contribution in [0.15, 0.2) is 0 Å². The van der Waals surface area contributed by atoms with Crippen LogP contribution < -0.4 is 0 Å². The molecular formula is C11H20N2O. The molecule has 1 saturated heterocycles. The smallest absolute Gasteiger partial charge is 0.0673 e. The van der Waals surface area contributed by atoms with Gasteiger partial charge >= 0.3 is 0 Å². The molecule has 3 nitrogen and oxygen atoms in total. The minimum Gasteiger partial charge on any atom is -0.374 e. The van der Waals surface area contributed by atoms with Crippen LogP contribution >= 0.6 is 0 Å². The Morgan fingerprint density at radius 2 is 2.14 bits per heavy atom. The van der Waals surface area contributed by atoms with E-state index in [4.69, 9.17) is 10.00 Å². The summed E-state index contributed by atoms with van der Waals surface area (Å²) in [4.78, 5) is 2.22. The van der Waals surface area contributed by atoms with Crippen molar-refractivity contribution in [3.63, 3.8) is 0 Å². The second-order valence-corrected chi connectivity index (χ2v) is 5.00. The van der Waals surface area contributed by atoms with E-state index in [0.29, 0.717) is 6.61 Å². The lowest BCUT2D eigenvalue weighted by Crippen LogP contribution is -2.36. The van der Waals surface area contributed by atoms with Gasteiger partial charge in [-0.15, -0.1) is 0 Å². The number of hydrogen-bond acceptors (Lipinski definition) is 3. The summed E-state index contributed by atoms with van der Waals surface area (Å²) >= 11 is 0. The summed E-state index contributed by atoms with van der Waals surface area (Å²) in [5.41, 5.74) is -0.108. The molecule has 0 radical (unpaired) electrons. The number of rotatable bonds is 2. The first-order valence-electron chi connectivity index (χ1n) is 5.18. The monoisotopic (exact) mass is 196 g/mol. The third-order valence-corrected chi connectivity index (χ3v) is 2.68. The lowest BCUT2D eigenvalue weighted by Gasteiger charge is -2.27. The van der Waals surface area contributed by atoms with Crippen molar-refractivity contribution >= 4 is 0 Å². The summed E-state index contributed by atoms with van der Waals surface area (Å²) in [6.07, 6.45) is 0.977. The molecule has 0 N–H and O–H groups in total. The van der Waals surface area contributed by atoms with Gasteiger partial charge in [-0.3, -0.25) is 4.90 Å². The van der Waals surface area contributed by atoms with Crippen LogP contribution in [0.2, 0.25) is 0 Å². The highest BCUT2D eigenvalue weighted by atomic mass is 16.5. The summed E-state index contributed by atoms with van der Waals surface area (Å²) < 4.78 is 5.72. The molecule has 1 aliphatic rings. The minimum atomic E-state index is -0.108. The molecule has 0 aromatic rings. The molecule has 1 rings (SSSR count). The Bertz CT molecular complexity index is 226. The van der Waals surface area contributed by atoms with Crippen LogP contribution in [0.1, 0.15) is 27.2 Å². The molecule has 0 saturated carbocycles. The van der Waals surface area contributed by atoms with Crippen LogP contribution in [0.4, 0.5) is 0 Å². The molecule has 3 heteroatoms. The first kappa shape index (κ1) is 11.5. The van der Waals surface area contributed by atoms with Gasteiger partial charge in [0.1, 0.15) is 0 Å². The van der Waals surface area contributed by atoms with Crippen molar-refractivity contribution in [3.05, 3.63) is 0 Å². The van der Waals surface area contributed by atoms with Crippen molar-refractivity contribution in [1.82, 2.24) is 4.90 Å². The quantitative estimate of drug-likeness (QED) is 0.673. The average molecular weight is 196 g/mol. The highest BCUT2D eigenvalue weighted by molar-refractivity contribution is 4.97. The molecule has 1 heterocycles. The Hall–Kier alpha value is -0.590. The van der Waals surface area contributed by atoms with E-state index >= 15 is 0 Å². The topological polar surface area (TPSA) is 36.3 Å². The molecule has 1 unspecified atom stereocenters. The van der Waals surface area contributed by atoms with E-state index in [1.807, 2.05) is 20.8 Å². The van der Waals surface area contributed by atoms with Gasteiger partial charge in [-0.1, -0.05) is 0 Å². The highest BCUT2D eigenvalue weighted by Crippen LogP contribution is 2.23. The molecule has 0 aromatic carbocycles. The van der Waals surface area contributed by atoms with Crippen molar-refractivity contribution in [2.24, 2.45) is 5.92 Å². The molecular weight excluding hydrogens is 176 g/mol. The molecule has 0 aliphatic carbocycles. The standard InChI is InChI=1S/C11H20N2O/c1-11(2,3)14-8-10-9(7-12)5-6-13(10)4/h9-10H,5-6,8H2,1-4H3/t9?,10-/m1/s1. The fourth-order valence-corrected chi connectivity index (χ4v) is 1.74. The van der Waals surface area contributed by atoms with E-state index in [2.05, 4.69) is 18.0 Å². The van der Waals surface area contributed by atoms with Gasteiger partial charge in [0.15, 0.2) is 0 Å². The first-order chi connectivity index (χ1) is 6.44. The highest BCUT2D eigenvalue weighted by Gasteiger charge is 2.32. The van der Waals surface area contributed by atoms with E-state index in [9.17, 15) is 0 Å². The zero-order valence-electron chi connectivity index (χ0n) is 9.58. The van der Waals surface area contributed by atoms with Crippen molar-refractivity contribution in [1.29, 1.82) is 5.26 Å². The Morgan fingerprint density at radius 3 is 2.64 bits per heavy atom. The number of nitriles is 1. The first-order valence-corrected chi connectivity index (χ1v) is 5.18. The second-order valence-electron chi connectivity index (χ2n) is 5.00. The summed E-state index contributed by atoms with van der Waals surface area (Å²) in [6, 6.07) is 2.64. The van der Waals surface area contributed by atoms with Crippen LogP contribution in [-0.4, -0.2) is 36.7 Å². The zero-order valence-corrected chi connectivity index (χ0v) is 9.58. The van der Waals surface area contributed by atoms with Crippen LogP contribution in [0, 0.1) is 17.2 Å². The van der Waals surface area contributed by atoms with E-state index in [0.717, 1.165) is 13.0 Å². The summed E-state index contributed by atoms with van der Waals surface area (Å²) in [6.45, 7) is 7.81. The van der Waals surface area contributed by atoms with Crippen LogP contribution in [0.3, 0.4) is 0 Å². The van der Waals surface area contributed by atoms with Crippen LogP contribution in [0.25, 0.3) is 0 Å². The molecule has 1 aliphatic heterocycles. The Morgan fingerprint density at radius 1 is 1.50 bits per heavy atom. The molecule has 0 aromatic heterocycles. The van der Waals surface area contributed by atoms with Crippen molar-refractivity contribution in [2.45, 2.75) is 38.8 Å². The van der Waals surface area contributed by atoms with Gasteiger partial charge in [0.2, 0.25) is 0 Å². The van der Waals surface area contributed by atoms with Gasteiger partial charge < -0.3 is 4.74 Å². The lowest BCUT2D eigenvalue weighted by molar-refractivity contribution is -0.0288. The number of likely N-dealkylation sites (tertiary alicyclic amines) is 1. The maximum Gasteiger partial charge on any atom is 0.0673 e. The van der Waals surface area contributed by atoms with Crippen LogP contribution in [-0.2, 0) is 4.74 Å². The van der Waals surface area contributed by atoms with E-state index in [1.165, 1.54) is 0 Å². The summed E-state index contributed by atoms with van der Waals surface area (Å²) in [5, 5.41) is 8.95. The maximum absolute atomic E-state index is 8.95. The number of likely N-dealkylation sites (N-methyl/N-ethyl adjacent to an activating group) is 1. The fourth-order valence-electron chi connectivity index (χ4n) is 1.74. The summed E-state index contributed by atoms with van der Waals surface area (Å²) in [5.74, 6) is 0.141.